The molecular weight excluding hydrogens is 290 g/mol. The number of hydrogen-bond acceptors (Lipinski definition) is 4. The van der Waals surface area contributed by atoms with Crippen LogP contribution in [-0.4, -0.2) is 51.8 Å². The number of amides is 1. The first-order valence-electron chi connectivity index (χ1n) is 8.22. The molecule has 1 aliphatic heterocycles. The Balaban J connectivity index is 1.55. The maximum atomic E-state index is 12.1. The molecule has 0 saturated carbocycles. The number of nitrogens with zero attached hydrogens (tertiary/aromatic N) is 4. The highest BCUT2D eigenvalue weighted by Gasteiger charge is 2.14. The smallest absolute Gasteiger partial charge is 0.291 e. The molecule has 0 bridgehead atoms. The maximum Gasteiger partial charge on any atom is 0.291 e. The molecule has 1 fully saturated rings. The molecule has 0 atom stereocenters. The van der Waals surface area contributed by atoms with Gasteiger partial charge < -0.3 is 10.2 Å². The van der Waals surface area contributed by atoms with E-state index in [1.807, 2.05) is 31.2 Å². The molecule has 0 unspecified atom stereocenters. The summed E-state index contributed by atoms with van der Waals surface area (Å²) < 4.78 is 1.65. The number of piperidine rings is 1. The van der Waals surface area contributed by atoms with Gasteiger partial charge in [0.1, 0.15) is 6.33 Å². The summed E-state index contributed by atoms with van der Waals surface area (Å²) in [5.74, 6) is 0.00115. The van der Waals surface area contributed by atoms with E-state index in [2.05, 4.69) is 20.3 Å². The first-order chi connectivity index (χ1) is 11.2. The summed E-state index contributed by atoms with van der Waals surface area (Å²) >= 11 is 0. The van der Waals surface area contributed by atoms with Crippen molar-refractivity contribution >= 4 is 5.91 Å². The number of para-hydroxylation sites is 1. The van der Waals surface area contributed by atoms with Crippen LogP contribution in [0, 0.1) is 6.92 Å². The summed E-state index contributed by atoms with van der Waals surface area (Å²) in [4.78, 5) is 18.7. The number of likely N-dealkylation sites (tertiary alicyclic amines) is 1. The maximum absolute atomic E-state index is 12.1. The number of rotatable bonds is 5. The fraction of sp³-hybridized carbons (Fsp3) is 0.471. The lowest BCUT2D eigenvalue weighted by atomic mass is 10.1. The number of carbonyl (C=O) groups excluding carboxylic acids is 1. The fourth-order valence-corrected chi connectivity index (χ4v) is 2.89. The van der Waals surface area contributed by atoms with Crippen LogP contribution < -0.4 is 5.32 Å². The molecule has 0 spiro atoms. The van der Waals surface area contributed by atoms with E-state index in [9.17, 15) is 4.79 Å². The second kappa shape index (κ2) is 7.37. The topological polar surface area (TPSA) is 63.1 Å². The van der Waals surface area contributed by atoms with E-state index >= 15 is 0 Å². The standard InChI is InChI=1S/C17H23N5O/c1-14-7-3-4-8-15(14)22-13-19-16(20-22)17(23)18-9-12-21-10-5-2-6-11-21/h3-4,7-8,13H,2,5-6,9-12H2,1H3,(H,18,23). The van der Waals surface area contributed by atoms with Gasteiger partial charge in [-0.25, -0.2) is 9.67 Å². The number of hydrogen-bond donors (Lipinski definition) is 1. The fourth-order valence-electron chi connectivity index (χ4n) is 2.89. The molecule has 3 rings (SSSR count). The summed E-state index contributed by atoms with van der Waals surface area (Å²) in [5, 5.41) is 7.19. The lowest BCUT2D eigenvalue weighted by Crippen LogP contribution is -2.37. The van der Waals surface area contributed by atoms with Gasteiger partial charge in [-0.2, -0.15) is 0 Å². The van der Waals surface area contributed by atoms with Gasteiger partial charge in [-0.05, 0) is 44.5 Å². The van der Waals surface area contributed by atoms with Gasteiger partial charge in [-0.1, -0.05) is 24.6 Å². The third-order valence-electron chi connectivity index (χ3n) is 4.22. The largest absolute Gasteiger partial charge is 0.348 e. The average Bonchev–Trinajstić information content (AvgIpc) is 3.06. The van der Waals surface area contributed by atoms with Crippen molar-refractivity contribution < 1.29 is 4.79 Å². The Morgan fingerprint density at radius 1 is 1.22 bits per heavy atom. The molecule has 2 heterocycles. The Hall–Kier alpha value is -2.21. The molecular formula is C17H23N5O. The zero-order valence-corrected chi connectivity index (χ0v) is 13.5. The Bertz CT molecular complexity index is 661. The second-order valence-electron chi connectivity index (χ2n) is 5.96. The molecule has 122 valence electrons. The molecule has 6 nitrogen and oxygen atoms in total. The SMILES string of the molecule is Cc1ccccc1-n1cnc(C(=O)NCCN2CCCCC2)n1. The average molecular weight is 313 g/mol. The summed E-state index contributed by atoms with van der Waals surface area (Å²) in [6, 6.07) is 7.89. The van der Waals surface area contributed by atoms with Crippen molar-refractivity contribution in [3.8, 4) is 5.69 Å². The van der Waals surface area contributed by atoms with Crippen molar-refractivity contribution in [3.63, 3.8) is 0 Å². The van der Waals surface area contributed by atoms with Crippen LogP contribution >= 0.6 is 0 Å². The summed E-state index contributed by atoms with van der Waals surface area (Å²) in [5.41, 5.74) is 2.03. The first-order valence-corrected chi connectivity index (χ1v) is 8.22. The Kier molecular flexibility index (Phi) is 5.02. The van der Waals surface area contributed by atoms with E-state index in [1.54, 1.807) is 11.0 Å². The molecule has 6 heteroatoms. The number of aromatic nitrogens is 3. The molecule has 1 aliphatic rings. The summed E-state index contributed by atoms with van der Waals surface area (Å²) in [6.45, 7) is 5.81. The predicted molar refractivity (Wildman–Crippen MR) is 88.7 cm³/mol. The number of carbonyl (C=O) groups is 1. The van der Waals surface area contributed by atoms with Gasteiger partial charge in [-0.15, -0.1) is 5.10 Å². The zero-order chi connectivity index (χ0) is 16.1. The van der Waals surface area contributed by atoms with Crippen LogP contribution in [0.3, 0.4) is 0 Å². The van der Waals surface area contributed by atoms with Crippen LogP contribution in [0.2, 0.25) is 0 Å². The second-order valence-corrected chi connectivity index (χ2v) is 5.96. The highest BCUT2D eigenvalue weighted by atomic mass is 16.2. The van der Waals surface area contributed by atoms with E-state index in [-0.39, 0.29) is 11.7 Å². The van der Waals surface area contributed by atoms with Crippen molar-refractivity contribution in [2.24, 2.45) is 0 Å². The van der Waals surface area contributed by atoms with Gasteiger partial charge in [0, 0.05) is 13.1 Å². The van der Waals surface area contributed by atoms with E-state index in [0.29, 0.717) is 6.54 Å². The number of nitrogens with one attached hydrogen (secondary N) is 1. The van der Waals surface area contributed by atoms with Gasteiger partial charge in [0.15, 0.2) is 0 Å². The van der Waals surface area contributed by atoms with Crippen LogP contribution in [-0.2, 0) is 0 Å². The van der Waals surface area contributed by atoms with Crippen LogP contribution in [0.5, 0.6) is 0 Å². The molecule has 1 aromatic carbocycles. The zero-order valence-electron chi connectivity index (χ0n) is 13.5. The van der Waals surface area contributed by atoms with Crippen LogP contribution in [0.4, 0.5) is 0 Å². The van der Waals surface area contributed by atoms with Crippen LogP contribution in [0.25, 0.3) is 5.69 Å². The van der Waals surface area contributed by atoms with Crippen molar-refractivity contribution in [3.05, 3.63) is 42.0 Å². The minimum absolute atomic E-state index is 0.214. The quantitative estimate of drug-likeness (QED) is 0.914. The van der Waals surface area contributed by atoms with Crippen LogP contribution in [0.1, 0.15) is 35.4 Å². The first kappa shape index (κ1) is 15.7. The molecule has 1 saturated heterocycles. The Morgan fingerprint density at radius 2 is 2.00 bits per heavy atom. The number of aryl methyl sites for hydroxylation is 1. The lowest BCUT2D eigenvalue weighted by molar-refractivity contribution is 0.0936. The lowest BCUT2D eigenvalue weighted by Gasteiger charge is -2.26. The van der Waals surface area contributed by atoms with Crippen molar-refractivity contribution in [2.45, 2.75) is 26.2 Å². The van der Waals surface area contributed by atoms with Crippen molar-refractivity contribution in [1.29, 1.82) is 0 Å². The number of benzene rings is 1. The Morgan fingerprint density at radius 3 is 2.78 bits per heavy atom. The monoisotopic (exact) mass is 313 g/mol. The molecule has 1 N–H and O–H groups in total. The molecule has 0 radical (unpaired) electrons. The minimum Gasteiger partial charge on any atom is -0.348 e. The predicted octanol–water partition coefficient (Wildman–Crippen LogP) is 1.79. The Labute approximate surface area is 136 Å². The van der Waals surface area contributed by atoms with E-state index in [1.165, 1.54) is 19.3 Å². The minimum atomic E-state index is -0.214. The van der Waals surface area contributed by atoms with E-state index < -0.39 is 0 Å². The molecule has 23 heavy (non-hydrogen) atoms. The molecule has 0 aliphatic carbocycles. The third kappa shape index (κ3) is 3.96. The van der Waals surface area contributed by atoms with Gasteiger partial charge in [-0.3, -0.25) is 4.79 Å². The van der Waals surface area contributed by atoms with Crippen molar-refractivity contribution in [1.82, 2.24) is 25.0 Å². The van der Waals surface area contributed by atoms with E-state index in [4.69, 9.17) is 0 Å². The third-order valence-corrected chi connectivity index (χ3v) is 4.22. The molecule has 1 amide bonds. The molecule has 2 aromatic rings. The van der Waals surface area contributed by atoms with Gasteiger partial charge >= 0.3 is 0 Å². The normalized spacial score (nSPS) is 15.5. The van der Waals surface area contributed by atoms with Crippen LogP contribution in [0.15, 0.2) is 30.6 Å². The van der Waals surface area contributed by atoms with Gasteiger partial charge in [0.2, 0.25) is 5.82 Å². The van der Waals surface area contributed by atoms with Crippen molar-refractivity contribution in [2.75, 3.05) is 26.2 Å². The summed E-state index contributed by atoms with van der Waals surface area (Å²) in [7, 11) is 0. The van der Waals surface area contributed by atoms with E-state index in [0.717, 1.165) is 30.9 Å². The highest BCUT2D eigenvalue weighted by molar-refractivity contribution is 5.90. The summed E-state index contributed by atoms with van der Waals surface area (Å²) in [6.07, 6.45) is 5.43. The van der Waals surface area contributed by atoms with Gasteiger partial charge in [0.05, 0.1) is 5.69 Å². The van der Waals surface area contributed by atoms with Gasteiger partial charge in [0.25, 0.3) is 5.91 Å². The molecule has 1 aromatic heterocycles. The highest BCUT2D eigenvalue weighted by Crippen LogP contribution is 2.11.